The second-order valence-electron chi connectivity index (χ2n) is 7.93. The number of anilines is 2. The van der Waals surface area contributed by atoms with Gasteiger partial charge < -0.3 is 15.7 Å². The van der Waals surface area contributed by atoms with Crippen LogP contribution in [0.5, 0.6) is 5.75 Å². The molecule has 2 aromatic heterocycles. The van der Waals surface area contributed by atoms with Gasteiger partial charge in [0, 0.05) is 17.5 Å². The van der Waals surface area contributed by atoms with E-state index in [1.54, 1.807) is 47.4 Å². The molecule has 0 saturated heterocycles. The predicted molar refractivity (Wildman–Crippen MR) is 126 cm³/mol. The Hall–Kier alpha value is -4.46. The third-order valence-electron chi connectivity index (χ3n) is 5.48. The van der Waals surface area contributed by atoms with Gasteiger partial charge in [0.1, 0.15) is 11.8 Å². The highest BCUT2D eigenvalue weighted by molar-refractivity contribution is 6.05. The topological polar surface area (TPSA) is 105 Å². The van der Waals surface area contributed by atoms with Gasteiger partial charge in [0.05, 0.1) is 17.5 Å². The lowest BCUT2D eigenvalue weighted by molar-refractivity contribution is -0.113. The average molecular weight is 438 g/mol. The number of fused-ring (bicyclic) bond motifs is 1. The van der Waals surface area contributed by atoms with E-state index in [1.165, 1.54) is 0 Å². The number of aryl methyl sites for hydroxylation is 1. The molecule has 0 aliphatic carbocycles. The number of hydrogen-bond donors (Lipinski definition) is 3. The minimum atomic E-state index is -0.489. The Kier molecular flexibility index (Phi) is 5.10. The second kappa shape index (κ2) is 8.23. The first-order valence-electron chi connectivity index (χ1n) is 10.5. The lowest BCUT2D eigenvalue weighted by atomic mass is 9.94. The van der Waals surface area contributed by atoms with Gasteiger partial charge in [0.2, 0.25) is 5.95 Å². The highest BCUT2D eigenvalue weighted by Gasteiger charge is 2.34. The number of amides is 1. The zero-order chi connectivity index (χ0) is 22.9. The van der Waals surface area contributed by atoms with Gasteiger partial charge >= 0.3 is 0 Å². The van der Waals surface area contributed by atoms with Crippen LogP contribution >= 0.6 is 0 Å². The van der Waals surface area contributed by atoms with Gasteiger partial charge in [-0.1, -0.05) is 42.0 Å². The molecule has 8 heteroatoms. The summed E-state index contributed by atoms with van der Waals surface area (Å²) in [5.74, 6) is 0.858. The molecule has 0 saturated carbocycles. The van der Waals surface area contributed by atoms with Crippen LogP contribution in [-0.2, 0) is 4.79 Å². The van der Waals surface area contributed by atoms with Gasteiger partial charge in [-0.15, -0.1) is 5.10 Å². The highest BCUT2D eigenvalue weighted by atomic mass is 16.3. The number of carbonyl (C=O) groups is 1. The molecule has 0 spiro atoms. The molecule has 5 rings (SSSR count). The van der Waals surface area contributed by atoms with Crippen molar-refractivity contribution in [3.63, 3.8) is 0 Å². The molecule has 1 unspecified atom stereocenters. The maximum Gasteiger partial charge on any atom is 0.255 e. The van der Waals surface area contributed by atoms with E-state index in [2.05, 4.69) is 20.6 Å². The van der Waals surface area contributed by atoms with Crippen molar-refractivity contribution in [2.45, 2.75) is 19.9 Å². The Morgan fingerprint density at radius 2 is 1.94 bits per heavy atom. The number of pyridine rings is 1. The largest absolute Gasteiger partial charge is 0.508 e. The summed E-state index contributed by atoms with van der Waals surface area (Å²) in [7, 11) is 0. The Labute approximate surface area is 190 Å². The standard InChI is InChI=1S/C25H22N6O2/c1-15-6-3-7-17(12-15)22-21(24(33)28-19-9-5-11-26-14-19)16(2)27-25-29-23(30-31(22)25)18-8-4-10-20(32)13-18/h3-14,22,32H,1-2H3,(H,28,33)(H,27,29,30). The van der Waals surface area contributed by atoms with Gasteiger partial charge in [0.25, 0.3) is 5.91 Å². The highest BCUT2D eigenvalue weighted by Crippen LogP contribution is 2.37. The molecule has 0 bridgehead atoms. The molecule has 1 aliphatic heterocycles. The van der Waals surface area contributed by atoms with Crippen LogP contribution in [0.3, 0.4) is 0 Å². The van der Waals surface area contributed by atoms with Gasteiger partial charge in [-0.25, -0.2) is 4.68 Å². The van der Waals surface area contributed by atoms with Crippen LogP contribution in [0, 0.1) is 6.92 Å². The van der Waals surface area contributed by atoms with Gasteiger partial charge in [-0.05, 0) is 43.7 Å². The van der Waals surface area contributed by atoms with Crippen molar-refractivity contribution in [1.29, 1.82) is 0 Å². The molecular formula is C25H22N6O2. The lowest BCUT2D eigenvalue weighted by Crippen LogP contribution is -2.31. The summed E-state index contributed by atoms with van der Waals surface area (Å²) < 4.78 is 1.72. The molecule has 4 aromatic rings. The van der Waals surface area contributed by atoms with Crippen LogP contribution in [0.4, 0.5) is 11.6 Å². The molecule has 1 atom stereocenters. The van der Waals surface area contributed by atoms with E-state index in [0.717, 1.165) is 11.1 Å². The molecule has 0 radical (unpaired) electrons. The smallest absolute Gasteiger partial charge is 0.255 e. The first kappa shape index (κ1) is 20.4. The van der Waals surface area contributed by atoms with E-state index in [0.29, 0.717) is 34.3 Å². The Balaban J connectivity index is 1.62. The number of nitrogens with zero attached hydrogens (tertiary/aromatic N) is 4. The summed E-state index contributed by atoms with van der Waals surface area (Å²) in [6.45, 7) is 3.87. The molecule has 0 fully saturated rings. The van der Waals surface area contributed by atoms with Crippen molar-refractivity contribution < 1.29 is 9.90 Å². The predicted octanol–water partition coefficient (Wildman–Crippen LogP) is 4.28. The van der Waals surface area contributed by atoms with Crippen molar-refractivity contribution in [2.24, 2.45) is 0 Å². The van der Waals surface area contributed by atoms with Crippen LogP contribution in [0.25, 0.3) is 11.4 Å². The average Bonchev–Trinajstić information content (AvgIpc) is 3.22. The zero-order valence-electron chi connectivity index (χ0n) is 18.1. The van der Waals surface area contributed by atoms with E-state index in [4.69, 9.17) is 5.10 Å². The molecule has 3 heterocycles. The second-order valence-corrected chi connectivity index (χ2v) is 7.93. The Morgan fingerprint density at radius 3 is 2.70 bits per heavy atom. The molecule has 33 heavy (non-hydrogen) atoms. The minimum Gasteiger partial charge on any atom is -0.508 e. The van der Waals surface area contributed by atoms with Crippen LogP contribution < -0.4 is 10.6 Å². The zero-order valence-corrected chi connectivity index (χ0v) is 18.1. The summed E-state index contributed by atoms with van der Waals surface area (Å²) in [6.07, 6.45) is 3.26. The Bertz CT molecular complexity index is 1380. The number of aromatic hydroxyl groups is 1. The fourth-order valence-electron chi connectivity index (χ4n) is 4.00. The quantitative estimate of drug-likeness (QED) is 0.439. The molecule has 1 aliphatic rings. The van der Waals surface area contributed by atoms with Gasteiger partial charge in [-0.2, -0.15) is 4.98 Å². The Morgan fingerprint density at radius 1 is 1.09 bits per heavy atom. The number of allylic oxidation sites excluding steroid dienone is 1. The number of carbonyl (C=O) groups excluding carboxylic acids is 1. The summed E-state index contributed by atoms with van der Waals surface area (Å²) in [6, 6.07) is 17.8. The van der Waals surface area contributed by atoms with Crippen molar-refractivity contribution in [3.05, 3.63) is 95.5 Å². The lowest BCUT2D eigenvalue weighted by Gasteiger charge is -2.28. The SMILES string of the molecule is CC1=C(C(=O)Nc2cccnc2)C(c2cccc(C)c2)n2nc(-c3cccc(O)c3)nc2N1. The number of rotatable bonds is 4. The van der Waals surface area contributed by atoms with E-state index < -0.39 is 6.04 Å². The number of phenols is 1. The number of benzene rings is 2. The van der Waals surface area contributed by atoms with Crippen molar-refractivity contribution in [2.75, 3.05) is 10.6 Å². The third-order valence-corrected chi connectivity index (χ3v) is 5.48. The summed E-state index contributed by atoms with van der Waals surface area (Å²) in [5.41, 5.74) is 4.50. The maximum atomic E-state index is 13.4. The number of aromatic nitrogens is 4. The molecular weight excluding hydrogens is 416 g/mol. The molecule has 164 valence electrons. The normalized spacial score (nSPS) is 15.0. The van der Waals surface area contributed by atoms with Crippen molar-refractivity contribution in [3.8, 4) is 17.1 Å². The molecule has 1 amide bonds. The third kappa shape index (κ3) is 3.94. The van der Waals surface area contributed by atoms with E-state index >= 15 is 0 Å². The summed E-state index contributed by atoms with van der Waals surface area (Å²) in [5, 5.41) is 20.8. The van der Waals surface area contributed by atoms with Crippen LogP contribution in [0.2, 0.25) is 0 Å². The maximum absolute atomic E-state index is 13.4. The van der Waals surface area contributed by atoms with E-state index in [-0.39, 0.29) is 11.7 Å². The van der Waals surface area contributed by atoms with Crippen molar-refractivity contribution >= 4 is 17.5 Å². The first-order chi connectivity index (χ1) is 16.0. The fourth-order valence-corrected chi connectivity index (χ4v) is 4.00. The molecule has 2 aromatic carbocycles. The van der Waals surface area contributed by atoms with Gasteiger partial charge in [-0.3, -0.25) is 9.78 Å². The summed E-state index contributed by atoms with van der Waals surface area (Å²) in [4.78, 5) is 22.2. The fraction of sp³-hybridized carbons (Fsp3) is 0.120. The monoisotopic (exact) mass is 438 g/mol. The van der Waals surface area contributed by atoms with Gasteiger partial charge in [0.15, 0.2) is 5.82 Å². The number of hydrogen-bond acceptors (Lipinski definition) is 6. The van der Waals surface area contributed by atoms with Crippen LogP contribution in [0.1, 0.15) is 24.1 Å². The van der Waals surface area contributed by atoms with Crippen LogP contribution in [-0.4, -0.2) is 30.8 Å². The summed E-state index contributed by atoms with van der Waals surface area (Å²) >= 11 is 0. The van der Waals surface area contributed by atoms with E-state index in [1.807, 2.05) is 44.2 Å². The van der Waals surface area contributed by atoms with Crippen LogP contribution in [0.15, 0.2) is 84.3 Å². The minimum absolute atomic E-state index is 0.134. The van der Waals surface area contributed by atoms with Crippen molar-refractivity contribution in [1.82, 2.24) is 19.7 Å². The first-order valence-corrected chi connectivity index (χ1v) is 10.5. The molecule has 8 nitrogen and oxygen atoms in total. The molecule has 3 N–H and O–H groups in total. The van der Waals surface area contributed by atoms with E-state index in [9.17, 15) is 9.90 Å². The number of phenolic OH excluding ortho intramolecular Hbond substituents is 1. The number of nitrogens with one attached hydrogen (secondary N) is 2.